The van der Waals surface area contributed by atoms with Gasteiger partial charge in [-0.1, -0.05) is 30.3 Å². The number of hydrogen-bond acceptors (Lipinski definition) is 4. The van der Waals surface area contributed by atoms with Crippen LogP contribution in [0.4, 0.5) is 0 Å². The minimum Gasteiger partial charge on any atom is -0.382 e. The fraction of sp³-hybridized carbons (Fsp3) is 0.333. The summed E-state index contributed by atoms with van der Waals surface area (Å²) in [5.74, 6) is 0. The fourth-order valence-electron chi connectivity index (χ4n) is 3.69. The zero-order valence-electron chi connectivity index (χ0n) is 15.4. The molecule has 3 heterocycles. The van der Waals surface area contributed by atoms with Gasteiger partial charge in [0.05, 0.1) is 17.9 Å². The lowest BCUT2D eigenvalue weighted by Gasteiger charge is -2.27. The standard InChI is InChI=1S/C21H23N5O/c1-2-25-14-16(10-18(25)12-22)13-24-8-9-26-19(15-24)11-20(23-26)21(27)17-6-4-3-5-7-17/h3-7,10-11,14,21,27H,2,8-9,13,15H2,1H3. The van der Waals surface area contributed by atoms with Crippen LogP contribution in [0.15, 0.2) is 48.7 Å². The minimum atomic E-state index is -0.700. The van der Waals surface area contributed by atoms with E-state index in [1.165, 1.54) is 0 Å². The molecule has 1 atom stereocenters. The van der Waals surface area contributed by atoms with E-state index in [0.717, 1.165) is 49.5 Å². The monoisotopic (exact) mass is 361 g/mol. The Bertz CT molecular complexity index is 966. The summed E-state index contributed by atoms with van der Waals surface area (Å²) in [5.41, 5.74) is 4.53. The molecule has 138 valence electrons. The van der Waals surface area contributed by atoms with Gasteiger partial charge in [-0.3, -0.25) is 9.58 Å². The van der Waals surface area contributed by atoms with Crippen molar-refractivity contribution in [2.45, 2.75) is 39.2 Å². The molecule has 1 aliphatic heterocycles. The van der Waals surface area contributed by atoms with Crippen molar-refractivity contribution in [1.29, 1.82) is 5.26 Å². The number of aromatic nitrogens is 3. The maximum absolute atomic E-state index is 10.6. The van der Waals surface area contributed by atoms with Crippen molar-refractivity contribution < 1.29 is 5.11 Å². The largest absolute Gasteiger partial charge is 0.382 e. The molecule has 6 nitrogen and oxygen atoms in total. The molecular weight excluding hydrogens is 338 g/mol. The van der Waals surface area contributed by atoms with E-state index in [-0.39, 0.29) is 0 Å². The van der Waals surface area contributed by atoms with Crippen molar-refractivity contribution in [3.05, 3.63) is 76.9 Å². The van der Waals surface area contributed by atoms with Crippen LogP contribution in [-0.2, 0) is 26.2 Å². The summed E-state index contributed by atoms with van der Waals surface area (Å²) in [6.07, 6.45) is 1.37. The Balaban J connectivity index is 1.48. The van der Waals surface area contributed by atoms with Gasteiger partial charge < -0.3 is 9.67 Å². The van der Waals surface area contributed by atoms with E-state index in [2.05, 4.69) is 22.3 Å². The van der Waals surface area contributed by atoms with Gasteiger partial charge in [0.2, 0.25) is 0 Å². The van der Waals surface area contributed by atoms with Crippen LogP contribution in [0.5, 0.6) is 0 Å². The Kier molecular flexibility index (Phi) is 4.80. The first-order valence-corrected chi connectivity index (χ1v) is 9.29. The highest BCUT2D eigenvalue weighted by Crippen LogP contribution is 2.24. The number of nitriles is 1. The highest BCUT2D eigenvalue weighted by Gasteiger charge is 2.22. The van der Waals surface area contributed by atoms with Crippen LogP contribution in [-0.4, -0.2) is 30.9 Å². The van der Waals surface area contributed by atoms with Gasteiger partial charge in [0, 0.05) is 32.4 Å². The van der Waals surface area contributed by atoms with E-state index in [9.17, 15) is 10.4 Å². The Morgan fingerprint density at radius 1 is 1.22 bits per heavy atom. The normalized spacial score (nSPS) is 15.3. The predicted molar refractivity (Wildman–Crippen MR) is 102 cm³/mol. The van der Waals surface area contributed by atoms with Crippen LogP contribution in [0, 0.1) is 11.3 Å². The number of aliphatic hydroxyl groups excluding tert-OH is 1. The maximum atomic E-state index is 10.6. The van der Waals surface area contributed by atoms with Crippen LogP contribution in [0.2, 0.25) is 0 Å². The van der Waals surface area contributed by atoms with Gasteiger partial charge in [-0.15, -0.1) is 0 Å². The third kappa shape index (κ3) is 3.52. The Labute approximate surface area is 158 Å². The SMILES string of the molecule is CCn1cc(CN2CCn3nc(C(O)c4ccccc4)cc3C2)cc1C#N. The molecule has 0 radical (unpaired) electrons. The van der Waals surface area contributed by atoms with Gasteiger partial charge in [-0.2, -0.15) is 10.4 Å². The van der Waals surface area contributed by atoms with Crippen LogP contribution < -0.4 is 0 Å². The van der Waals surface area contributed by atoms with Crippen LogP contribution in [0.3, 0.4) is 0 Å². The maximum Gasteiger partial charge on any atom is 0.123 e. The summed E-state index contributed by atoms with van der Waals surface area (Å²) in [4.78, 5) is 2.35. The van der Waals surface area contributed by atoms with E-state index in [0.29, 0.717) is 11.4 Å². The molecule has 2 aromatic heterocycles. The van der Waals surface area contributed by atoms with Crippen LogP contribution in [0.25, 0.3) is 0 Å². The third-order valence-corrected chi connectivity index (χ3v) is 5.11. The lowest BCUT2D eigenvalue weighted by Crippen LogP contribution is -2.33. The number of benzene rings is 1. The molecule has 0 spiro atoms. The third-order valence-electron chi connectivity index (χ3n) is 5.11. The molecule has 6 heteroatoms. The highest BCUT2D eigenvalue weighted by atomic mass is 16.3. The van der Waals surface area contributed by atoms with E-state index in [1.54, 1.807) is 0 Å². The average molecular weight is 361 g/mol. The zero-order chi connectivity index (χ0) is 18.8. The van der Waals surface area contributed by atoms with Gasteiger partial charge in [-0.25, -0.2) is 0 Å². The van der Waals surface area contributed by atoms with Gasteiger partial charge >= 0.3 is 0 Å². The zero-order valence-corrected chi connectivity index (χ0v) is 15.4. The van der Waals surface area contributed by atoms with Crippen LogP contribution >= 0.6 is 0 Å². The molecule has 1 N–H and O–H groups in total. The Hall–Kier alpha value is -2.88. The summed E-state index contributed by atoms with van der Waals surface area (Å²) in [6, 6.07) is 15.9. The second kappa shape index (κ2) is 7.39. The molecule has 1 aliphatic rings. The number of nitrogens with zero attached hydrogens (tertiary/aromatic N) is 5. The van der Waals surface area contributed by atoms with E-state index < -0.39 is 6.10 Å². The van der Waals surface area contributed by atoms with Crippen molar-refractivity contribution in [2.75, 3.05) is 6.54 Å². The highest BCUT2D eigenvalue weighted by molar-refractivity contribution is 5.29. The van der Waals surface area contributed by atoms with E-state index >= 15 is 0 Å². The topological polar surface area (TPSA) is 70.0 Å². The van der Waals surface area contributed by atoms with Gasteiger partial charge in [-0.05, 0) is 30.2 Å². The predicted octanol–water partition coefficient (Wildman–Crippen LogP) is 2.67. The molecule has 27 heavy (non-hydrogen) atoms. The first-order valence-electron chi connectivity index (χ1n) is 9.29. The number of rotatable bonds is 5. The smallest absolute Gasteiger partial charge is 0.123 e. The number of fused-ring (bicyclic) bond motifs is 1. The minimum absolute atomic E-state index is 0.696. The van der Waals surface area contributed by atoms with Crippen molar-refractivity contribution >= 4 is 0 Å². The summed E-state index contributed by atoms with van der Waals surface area (Å²) in [7, 11) is 0. The van der Waals surface area contributed by atoms with E-state index in [1.807, 2.05) is 58.6 Å². The molecule has 3 aromatic rings. The van der Waals surface area contributed by atoms with Crippen molar-refractivity contribution in [3.8, 4) is 6.07 Å². The molecule has 0 aliphatic carbocycles. The molecule has 1 aromatic carbocycles. The second-order valence-corrected chi connectivity index (χ2v) is 6.94. The quantitative estimate of drug-likeness (QED) is 0.758. The molecule has 0 bridgehead atoms. The van der Waals surface area contributed by atoms with Crippen molar-refractivity contribution in [1.82, 2.24) is 19.2 Å². The second-order valence-electron chi connectivity index (χ2n) is 6.94. The summed E-state index contributed by atoms with van der Waals surface area (Å²) in [5, 5.41) is 24.4. The Morgan fingerprint density at radius 2 is 2.04 bits per heavy atom. The molecular formula is C21H23N5O. The summed E-state index contributed by atoms with van der Waals surface area (Å²) in [6.45, 7) is 6.14. The van der Waals surface area contributed by atoms with Crippen molar-refractivity contribution in [2.24, 2.45) is 0 Å². The molecule has 0 amide bonds. The lowest BCUT2D eigenvalue weighted by molar-refractivity contribution is 0.200. The lowest BCUT2D eigenvalue weighted by atomic mass is 10.1. The van der Waals surface area contributed by atoms with Gasteiger partial charge in [0.15, 0.2) is 0 Å². The first kappa shape index (κ1) is 17.5. The van der Waals surface area contributed by atoms with E-state index in [4.69, 9.17) is 0 Å². The average Bonchev–Trinajstić information content (AvgIpc) is 3.31. The van der Waals surface area contributed by atoms with Crippen LogP contribution in [0.1, 0.15) is 41.2 Å². The Morgan fingerprint density at radius 3 is 2.74 bits per heavy atom. The van der Waals surface area contributed by atoms with Gasteiger partial charge in [0.1, 0.15) is 17.9 Å². The molecule has 0 saturated carbocycles. The summed E-state index contributed by atoms with van der Waals surface area (Å²) >= 11 is 0. The molecule has 4 rings (SSSR count). The molecule has 1 unspecified atom stereocenters. The fourth-order valence-corrected chi connectivity index (χ4v) is 3.69. The number of hydrogen-bond donors (Lipinski definition) is 1. The number of aliphatic hydroxyl groups is 1. The van der Waals surface area contributed by atoms with Gasteiger partial charge in [0.25, 0.3) is 0 Å². The van der Waals surface area contributed by atoms with Crippen molar-refractivity contribution in [3.63, 3.8) is 0 Å². The first-order chi connectivity index (χ1) is 13.2. The molecule has 0 saturated heterocycles. The molecule has 0 fully saturated rings. The number of aryl methyl sites for hydroxylation is 1. The summed E-state index contributed by atoms with van der Waals surface area (Å²) < 4.78 is 3.98.